The average Bonchev–Trinajstić information content (AvgIpc) is 2.95. The molecule has 106 valence electrons. The van der Waals surface area contributed by atoms with Crippen LogP contribution in [0.5, 0.6) is 0 Å². The molecule has 0 unspecified atom stereocenters. The van der Waals surface area contributed by atoms with Crippen molar-refractivity contribution in [3.05, 3.63) is 78.5 Å². The summed E-state index contributed by atoms with van der Waals surface area (Å²) >= 11 is 0. The highest BCUT2D eigenvalue weighted by Crippen LogP contribution is 2.27. The molecule has 0 saturated carbocycles. The van der Waals surface area contributed by atoms with Crippen molar-refractivity contribution < 1.29 is 0 Å². The first-order chi connectivity index (χ1) is 10.8. The summed E-state index contributed by atoms with van der Waals surface area (Å²) in [7, 11) is 0. The molecule has 4 rings (SSSR count). The average molecular weight is 285 g/mol. The maximum absolute atomic E-state index is 4.80. The Morgan fingerprint density at radius 1 is 0.864 bits per heavy atom. The van der Waals surface area contributed by atoms with Gasteiger partial charge in [0.05, 0.1) is 11.0 Å². The second-order valence-electron chi connectivity index (χ2n) is 5.31. The van der Waals surface area contributed by atoms with Crippen molar-refractivity contribution in [3.63, 3.8) is 0 Å². The van der Waals surface area contributed by atoms with Crippen LogP contribution in [0.2, 0.25) is 0 Å². The van der Waals surface area contributed by atoms with E-state index in [2.05, 4.69) is 46.8 Å². The molecule has 2 aromatic heterocycles. The van der Waals surface area contributed by atoms with E-state index in [0.29, 0.717) is 0 Å². The smallest absolute Gasteiger partial charge is 0.164 e. The van der Waals surface area contributed by atoms with Crippen molar-refractivity contribution in [3.8, 4) is 17.2 Å². The normalized spacial score (nSPS) is 11.0. The number of rotatable bonds is 2. The highest BCUT2D eigenvalue weighted by atomic mass is 15.1. The predicted octanol–water partition coefficient (Wildman–Crippen LogP) is 4.40. The topological polar surface area (TPSA) is 30.7 Å². The highest BCUT2D eigenvalue weighted by Gasteiger charge is 2.14. The van der Waals surface area contributed by atoms with Crippen molar-refractivity contribution in [2.45, 2.75) is 6.92 Å². The Bertz CT molecular complexity index is 925. The monoisotopic (exact) mass is 285 g/mol. The fourth-order valence-electron chi connectivity index (χ4n) is 2.69. The van der Waals surface area contributed by atoms with Gasteiger partial charge in [-0.2, -0.15) is 0 Å². The Hall–Kier alpha value is -2.94. The lowest BCUT2D eigenvalue weighted by molar-refractivity contribution is 1.08. The molecule has 0 amide bonds. The number of pyridine rings is 1. The molecule has 3 nitrogen and oxygen atoms in total. The minimum Gasteiger partial charge on any atom is -0.291 e. The first-order valence-corrected chi connectivity index (χ1v) is 7.29. The van der Waals surface area contributed by atoms with E-state index >= 15 is 0 Å². The number of aryl methyl sites for hydroxylation is 1. The molecule has 22 heavy (non-hydrogen) atoms. The number of hydrogen-bond acceptors (Lipinski definition) is 2. The van der Waals surface area contributed by atoms with Crippen LogP contribution >= 0.6 is 0 Å². The molecule has 2 aromatic carbocycles. The van der Waals surface area contributed by atoms with Crippen LogP contribution in [-0.4, -0.2) is 14.5 Å². The second-order valence-corrected chi connectivity index (χ2v) is 5.31. The van der Waals surface area contributed by atoms with Crippen molar-refractivity contribution >= 4 is 11.0 Å². The zero-order valence-electron chi connectivity index (χ0n) is 12.3. The molecule has 0 aliphatic heterocycles. The first-order valence-electron chi connectivity index (χ1n) is 7.29. The summed E-state index contributed by atoms with van der Waals surface area (Å²) in [5.74, 6) is 0.868. The number of para-hydroxylation sites is 1. The molecule has 0 N–H and O–H groups in total. The Balaban J connectivity index is 2.08. The van der Waals surface area contributed by atoms with Crippen molar-refractivity contribution in [2.24, 2.45) is 0 Å². The lowest BCUT2D eigenvalue weighted by Crippen LogP contribution is -1.98. The van der Waals surface area contributed by atoms with E-state index in [-0.39, 0.29) is 0 Å². The Labute approximate surface area is 128 Å². The van der Waals surface area contributed by atoms with Gasteiger partial charge in [0.2, 0.25) is 0 Å². The molecule has 3 heteroatoms. The fraction of sp³-hybridized carbons (Fsp3) is 0.0526. The zero-order chi connectivity index (χ0) is 14.9. The van der Waals surface area contributed by atoms with E-state index in [1.807, 2.05) is 36.4 Å². The molecule has 0 fully saturated rings. The third-order valence-electron chi connectivity index (χ3n) is 3.72. The van der Waals surface area contributed by atoms with Gasteiger partial charge in [-0.05, 0) is 48.9 Å². The van der Waals surface area contributed by atoms with Gasteiger partial charge >= 0.3 is 0 Å². The minimum absolute atomic E-state index is 0.868. The van der Waals surface area contributed by atoms with E-state index in [0.717, 1.165) is 28.2 Å². The standard InChI is InChI=1S/C19H15N3/c1-14-10-11-16-18(13-14)22(15-7-3-2-4-8-15)19(21-16)17-9-5-6-12-20-17/h2-13H,1H3. The van der Waals surface area contributed by atoms with Crippen LogP contribution in [-0.2, 0) is 0 Å². The lowest BCUT2D eigenvalue weighted by atomic mass is 10.2. The molecule has 4 aromatic rings. The first kappa shape index (κ1) is 12.8. The van der Waals surface area contributed by atoms with Gasteiger partial charge in [-0.15, -0.1) is 0 Å². The summed E-state index contributed by atoms with van der Waals surface area (Å²) in [4.78, 5) is 9.27. The molecule has 0 saturated heterocycles. The van der Waals surface area contributed by atoms with E-state index < -0.39 is 0 Å². The van der Waals surface area contributed by atoms with E-state index in [1.165, 1.54) is 5.56 Å². The number of imidazole rings is 1. The van der Waals surface area contributed by atoms with E-state index in [9.17, 15) is 0 Å². The maximum Gasteiger partial charge on any atom is 0.164 e. The van der Waals surface area contributed by atoms with Gasteiger partial charge in [0.25, 0.3) is 0 Å². The largest absolute Gasteiger partial charge is 0.291 e. The van der Waals surface area contributed by atoms with Gasteiger partial charge in [0.1, 0.15) is 5.69 Å². The Kier molecular flexibility index (Phi) is 2.97. The van der Waals surface area contributed by atoms with Gasteiger partial charge in [-0.25, -0.2) is 4.98 Å². The summed E-state index contributed by atoms with van der Waals surface area (Å²) < 4.78 is 2.17. The summed E-state index contributed by atoms with van der Waals surface area (Å²) in [5.41, 5.74) is 5.27. The van der Waals surface area contributed by atoms with E-state index in [4.69, 9.17) is 4.98 Å². The maximum atomic E-state index is 4.80. The quantitative estimate of drug-likeness (QED) is 0.546. The second kappa shape index (κ2) is 5.11. The van der Waals surface area contributed by atoms with Crippen molar-refractivity contribution in [2.75, 3.05) is 0 Å². The third-order valence-corrected chi connectivity index (χ3v) is 3.72. The minimum atomic E-state index is 0.868. The van der Waals surface area contributed by atoms with Gasteiger partial charge in [-0.1, -0.05) is 30.3 Å². The summed E-state index contributed by atoms with van der Waals surface area (Å²) in [6, 6.07) is 22.5. The van der Waals surface area contributed by atoms with E-state index in [1.54, 1.807) is 6.20 Å². The molecule has 0 aliphatic carbocycles. The predicted molar refractivity (Wildman–Crippen MR) is 89.0 cm³/mol. The van der Waals surface area contributed by atoms with Crippen LogP contribution in [0.15, 0.2) is 72.9 Å². The third kappa shape index (κ3) is 2.07. The molecular formula is C19H15N3. The molecule has 0 atom stereocenters. The van der Waals surface area contributed by atoms with Crippen LogP contribution < -0.4 is 0 Å². The highest BCUT2D eigenvalue weighted by molar-refractivity contribution is 5.83. The molecule has 2 heterocycles. The summed E-state index contributed by atoms with van der Waals surface area (Å²) in [5, 5.41) is 0. The van der Waals surface area contributed by atoms with Crippen molar-refractivity contribution in [1.29, 1.82) is 0 Å². The van der Waals surface area contributed by atoms with Crippen LogP contribution in [0.3, 0.4) is 0 Å². The van der Waals surface area contributed by atoms with Crippen LogP contribution in [0, 0.1) is 6.92 Å². The molecular weight excluding hydrogens is 270 g/mol. The fourth-order valence-corrected chi connectivity index (χ4v) is 2.69. The molecule has 0 bridgehead atoms. The number of fused-ring (bicyclic) bond motifs is 1. The van der Waals surface area contributed by atoms with Crippen molar-refractivity contribution in [1.82, 2.24) is 14.5 Å². The van der Waals surface area contributed by atoms with Gasteiger partial charge in [0, 0.05) is 11.9 Å². The Morgan fingerprint density at radius 2 is 1.68 bits per heavy atom. The SMILES string of the molecule is Cc1ccc2nc(-c3ccccn3)n(-c3ccccc3)c2c1. The number of aromatic nitrogens is 3. The molecule has 0 radical (unpaired) electrons. The van der Waals surface area contributed by atoms with Crippen LogP contribution in [0.1, 0.15) is 5.56 Å². The van der Waals surface area contributed by atoms with Gasteiger partial charge < -0.3 is 0 Å². The number of nitrogens with zero attached hydrogens (tertiary/aromatic N) is 3. The number of hydrogen-bond donors (Lipinski definition) is 0. The lowest BCUT2D eigenvalue weighted by Gasteiger charge is -2.09. The number of benzene rings is 2. The molecule has 0 spiro atoms. The summed E-state index contributed by atoms with van der Waals surface area (Å²) in [6.45, 7) is 2.10. The molecule has 0 aliphatic rings. The zero-order valence-corrected chi connectivity index (χ0v) is 12.3. The Morgan fingerprint density at radius 3 is 2.45 bits per heavy atom. The summed E-state index contributed by atoms with van der Waals surface area (Å²) in [6.07, 6.45) is 1.80. The van der Waals surface area contributed by atoms with Crippen LogP contribution in [0.4, 0.5) is 0 Å². The van der Waals surface area contributed by atoms with Crippen LogP contribution in [0.25, 0.3) is 28.2 Å². The van der Waals surface area contributed by atoms with Gasteiger partial charge in [0.15, 0.2) is 5.82 Å². The van der Waals surface area contributed by atoms with Gasteiger partial charge in [-0.3, -0.25) is 9.55 Å².